The van der Waals surface area contributed by atoms with E-state index in [1.54, 1.807) is 18.3 Å². The van der Waals surface area contributed by atoms with Crippen LogP contribution in [0.1, 0.15) is 29.6 Å². The summed E-state index contributed by atoms with van der Waals surface area (Å²) >= 11 is 0. The van der Waals surface area contributed by atoms with Crippen LogP contribution in [0, 0.1) is 0 Å². The summed E-state index contributed by atoms with van der Waals surface area (Å²) in [5, 5.41) is 0. The molecule has 2 aliphatic heterocycles. The molecule has 0 radical (unpaired) electrons. The van der Waals surface area contributed by atoms with Gasteiger partial charge < -0.3 is 10.6 Å². The summed E-state index contributed by atoms with van der Waals surface area (Å²) in [5.74, 6) is 0.361. The number of nitrogens with zero attached hydrogens (tertiary/aromatic N) is 3. The van der Waals surface area contributed by atoms with Gasteiger partial charge >= 0.3 is 0 Å². The maximum atomic E-state index is 12.5. The fourth-order valence-electron chi connectivity index (χ4n) is 3.16. The molecule has 2 aliphatic rings. The molecule has 2 N–H and O–H groups in total. The number of carbonyl (C=O) groups excluding carboxylic acids is 1. The quantitative estimate of drug-likeness (QED) is 0.817. The molecule has 1 aromatic rings. The van der Waals surface area contributed by atoms with E-state index in [1.807, 2.05) is 4.90 Å². The lowest BCUT2D eigenvalue weighted by Gasteiger charge is -2.25. The highest BCUT2D eigenvalue weighted by molar-refractivity contribution is 5.98. The standard InChI is InChI=1S/C14H20N4O/c15-13-12(5-1-6-16-13)14(19)18-9-3-8-17-7-2-4-11(17)10-18/h1,5-6,11H,2-4,7-10H2,(H2,15,16). The van der Waals surface area contributed by atoms with Crippen LogP contribution >= 0.6 is 0 Å². The molecule has 3 rings (SSSR count). The molecule has 5 nitrogen and oxygen atoms in total. The molecule has 3 heterocycles. The van der Waals surface area contributed by atoms with E-state index in [2.05, 4.69) is 9.88 Å². The van der Waals surface area contributed by atoms with Crippen LogP contribution in [0.5, 0.6) is 0 Å². The molecule has 2 saturated heterocycles. The van der Waals surface area contributed by atoms with Crippen LogP contribution in [0.15, 0.2) is 18.3 Å². The Hall–Kier alpha value is -1.62. The number of rotatable bonds is 1. The summed E-state index contributed by atoms with van der Waals surface area (Å²) in [6, 6.07) is 4.06. The number of amides is 1. The second-order valence-electron chi connectivity index (χ2n) is 5.37. The summed E-state index contributed by atoms with van der Waals surface area (Å²) in [6.45, 7) is 3.94. The molecule has 1 atom stereocenters. The van der Waals surface area contributed by atoms with Gasteiger partial charge in [0.25, 0.3) is 5.91 Å². The number of pyridine rings is 1. The summed E-state index contributed by atoms with van der Waals surface area (Å²) in [5.41, 5.74) is 6.34. The van der Waals surface area contributed by atoms with Crippen molar-refractivity contribution in [1.29, 1.82) is 0 Å². The van der Waals surface area contributed by atoms with Crippen LogP contribution in [0.25, 0.3) is 0 Å². The second-order valence-corrected chi connectivity index (χ2v) is 5.37. The third-order valence-electron chi connectivity index (χ3n) is 4.16. The van der Waals surface area contributed by atoms with Gasteiger partial charge in [0.15, 0.2) is 0 Å². The van der Waals surface area contributed by atoms with Crippen molar-refractivity contribution in [2.45, 2.75) is 25.3 Å². The van der Waals surface area contributed by atoms with E-state index in [0.29, 0.717) is 17.4 Å². The smallest absolute Gasteiger partial charge is 0.257 e. The predicted molar refractivity (Wildman–Crippen MR) is 73.8 cm³/mol. The van der Waals surface area contributed by atoms with Gasteiger partial charge in [0.1, 0.15) is 5.82 Å². The van der Waals surface area contributed by atoms with Crippen molar-refractivity contribution < 1.29 is 4.79 Å². The summed E-state index contributed by atoms with van der Waals surface area (Å²) < 4.78 is 0. The largest absolute Gasteiger partial charge is 0.383 e. The van der Waals surface area contributed by atoms with Crippen molar-refractivity contribution in [2.24, 2.45) is 0 Å². The Morgan fingerprint density at radius 2 is 2.16 bits per heavy atom. The fraction of sp³-hybridized carbons (Fsp3) is 0.571. The predicted octanol–water partition coefficient (Wildman–Crippen LogP) is 0.974. The zero-order chi connectivity index (χ0) is 13.2. The summed E-state index contributed by atoms with van der Waals surface area (Å²) in [7, 11) is 0. The number of anilines is 1. The fourth-order valence-corrected chi connectivity index (χ4v) is 3.16. The van der Waals surface area contributed by atoms with E-state index >= 15 is 0 Å². The average Bonchev–Trinajstić information content (AvgIpc) is 2.76. The van der Waals surface area contributed by atoms with Gasteiger partial charge in [0.2, 0.25) is 0 Å². The Kier molecular flexibility index (Phi) is 3.38. The Morgan fingerprint density at radius 1 is 1.32 bits per heavy atom. The van der Waals surface area contributed by atoms with Crippen LogP contribution in [0.2, 0.25) is 0 Å². The molecule has 0 saturated carbocycles. The van der Waals surface area contributed by atoms with Crippen molar-refractivity contribution in [3.8, 4) is 0 Å². The molecular weight excluding hydrogens is 240 g/mol. The van der Waals surface area contributed by atoms with Crippen LogP contribution < -0.4 is 5.73 Å². The minimum Gasteiger partial charge on any atom is -0.383 e. The van der Waals surface area contributed by atoms with Gasteiger partial charge in [-0.05, 0) is 37.9 Å². The number of hydrogen-bond acceptors (Lipinski definition) is 4. The van der Waals surface area contributed by atoms with Gasteiger partial charge in [-0.25, -0.2) is 4.98 Å². The minimum atomic E-state index is 0.0272. The minimum absolute atomic E-state index is 0.0272. The van der Waals surface area contributed by atoms with Gasteiger partial charge in [-0.15, -0.1) is 0 Å². The normalized spacial score (nSPS) is 24.0. The molecule has 0 bridgehead atoms. The highest BCUT2D eigenvalue weighted by Crippen LogP contribution is 2.22. The lowest BCUT2D eigenvalue weighted by Crippen LogP contribution is -2.39. The van der Waals surface area contributed by atoms with Crippen molar-refractivity contribution >= 4 is 11.7 Å². The number of fused-ring (bicyclic) bond motifs is 1. The molecule has 0 aliphatic carbocycles. The topological polar surface area (TPSA) is 62.5 Å². The maximum absolute atomic E-state index is 12.5. The highest BCUT2D eigenvalue weighted by Gasteiger charge is 2.31. The first-order valence-electron chi connectivity index (χ1n) is 6.99. The first kappa shape index (κ1) is 12.4. The summed E-state index contributed by atoms with van der Waals surface area (Å²) in [6.07, 6.45) is 5.11. The molecule has 1 amide bonds. The van der Waals surface area contributed by atoms with E-state index < -0.39 is 0 Å². The lowest BCUT2D eigenvalue weighted by molar-refractivity contribution is 0.0744. The van der Waals surface area contributed by atoms with Gasteiger partial charge in [-0.1, -0.05) is 0 Å². The molecule has 1 unspecified atom stereocenters. The highest BCUT2D eigenvalue weighted by atomic mass is 16.2. The summed E-state index contributed by atoms with van der Waals surface area (Å²) in [4.78, 5) is 21.0. The van der Waals surface area contributed by atoms with Crippen molar-refractivity contribution in [3.05, 3.63) is 23.9 Å². The van der Waals surface area contributed by atoms with E-state index in [0.717, 1.165) is 26.1 Å². The molecule has 5 heteroatoms. The van der Waals surface area contributed by atoms with Crippen molar-refractivity contribution in [2.75, 3.05) is 31.9 Å². The van der Waals surface area contributed by atoms with Crippen LogP contribution in [0.3, 0.4) is 0 Å². The van der Waals surface area contributed by atoms with Crippen molar-refractivity contribution in [1.82, 2.24) is 14.8 Å². The number of aromatic nitrogens is 1. The zero-order valence-electron chi connectivity index (χ0n) is 11.1. The average molecular weight is 260 g/mol. The molecular formula is C14H20N4O. The molecule has 102 valence electrons. The Morgan fingerprint density at radius 3 is 3.00 bits per heavy atom. The SMILES string of the molecule is Nc1ncccc1C(=O)N1CCCN2CCCC2C1. The maximum Gasteiger partial charge on any atom is 0.257 e. The van der Waals surface area contributed by atoms with Gasteiger partial charge in [0.05, 0.1) is 5.56 Å². The second kappa shape index (κ2) is 5.17. The molecule has 0 aromatic carbocycles. The van der Waals surface area contributed by atoms with Crippen LogP contribution in [-0.2, 0) is 0 Å². The van der Waals surface area contributed by atoms with E-state index in [4.69, 9.17) is 5.73 Å². The van der Waals surface area contributed by atoms with E-state index in [-0.39, 0.29) is 5.91 Å². The molecule has 1 aromatic heterocycles. The lowest BCUT2D eigenvalue weighted by atomic mass is 10.2. The molecule has 19 heavy (non-hydrogen) atoms. The Bertz CT molecular complexity index is 476. The monoisotopic (exact) mass is 260 g/mol. The van der Waals surface area contributed by atoms with Gasteiger partial charge in [-0.2, -0.15) is 0 Å². The van der Waals surface area contributed by atoms with Crippen LogP contribution in [0.4, 0.5) is 5.82 Å². The van der Waals surface area contributed by atoms with Gasteiger partial charge in [0, 0.05) is 31.9 Å². The molecule has 2 fully saturated rings. The third-order valence-corrected chi connectivity index (χ3v) is 4.16. The first-order valence-corrected chi connectivity index (χ1v) is 6.99. The molecule has 0 spiro atoms. The van der Waals surface area contributed by atoms with Crippen LogP contribution in [-0.4, -0.2) is 52.9 Å². The number of carbonyl (C=O) groups is 1. The zero-order valence-corrected chi connectivity index (χ0v) is 11.1. The first-order chi connectivity index (χ1) is 9.25. The van der Waals surface area contributed by atoms with Crippen molar-refractivity contribution in [3.63, 3.8) is 0 Å². The number of hydrogen-bond donors (Lipinski definition) is 1. The Labute approximate surface area is 113 Å². The van der Waals surface area contributed by atoms with E-state index in [9.17, 15) is 4.79 Å². The van der Waals surface area contributed by atoms with E-state index in [1.165, 1.54) is 19.4 Å². The third kappa shape index (κ3) is 2.42. The number of nitrogens with two attached hydrogens (primary N) is 1. The van der Waals surface area contributed by atoms with Gasteiger partial charge in [-0.3, -0.25) is 9.69 Å². The number of nitrogen functional groups attached to an aromatic ring is 1. The Balaban J connectivity index is 1.78.